The molecule has 1 aromatic rings. The van der Waals surface area contributed by atoms with Gasteiger partial charge in [-0.3, -0.25) is 0 Å². The number of sulfonamides is 1. The molecule has 1 aromatic carbocycles. The highest BCUT2D eigenvalue weighted by Gasteiger charge is 2.22. The molecule has 0 amide bonds. The summed E-state index contributed by atoms with van der Waals surface area (Å²) in [5.74, 6) is 0.221. The normalized spacial score (nSPS) is 13.9. The number of likely N-dealkylation sites (N-methyl/N-ethyl adjacent to an activating group) is 1. The lowest BCUT2D eigenvalue weighted by atomic mass is 10.1. The Morgan fingerprint density at radius 1 is 1.19 bits per heavy atom. The van der Waals surface area contributed by atoms with E-state index >= 15 is 0 Å². The molecule has 120 valence electrons. The van der Waals surface area contributed by atoms with E-state index in [1.54, 1.807) is 12.1 Å². The summed E-state index contributed by atoms with van der Waals surface area (Å²) in [6, 6.07) is 6.80. The average Bonchev–Trinajstić information content (AvgIpc) is 2.38. The van der Waals surface area contributed by atoms with Crippen LogP contribution in [-0.2, 0) is 16.4 Å². The lowest BCUT2D eigenvalue weighted by Crippen LogP contribution is -2.44. The summed E-state index contributed by atoms with van der Waals surface area (Å²) in [5, 5.41) is 0. The Bertz CT molecular complexity index is 524. The first-order valence-corrected chi connectivity index (χ1v) is 8.70. The zero-order valence-corrected chi connectivity index (χ0v) is 14.2. The monoisotopic (exact) mass is 313 g/mol. The van der Waals surface area contributed by atoms with Crippen molar-refractivity contribution < 1.29 is 8.42 Å². The van der Waals surface area contributed by atoms with Gasteiger partial charge in [-0.05, 0) is 50.7 Å². The van der Waals surface area contributed by atoms with Gasteiger partial charge >= 0.3 is 0 Å². The second-order valence-corrected chi connectivity index (χ2v) is 7.63. The van der Waals surface area contributed by atoms with Crippen molar-refractivity contribution in [3.8, 4) is 0 Å². The SMILES string of the molecule is CC(C)C(CN(C)C)NS(=O)(=O)c1ccc(CCN)cc1. The van der Waals surface area contributed by atoms with Crippen molar-refractivity contribution in [2.24, 2.45) is 11.7 Å². The molecule has 1 unspecified atom stereocenters. The fourth-order valence-electron chi connectivity index (χ4n) is 2.05. The minimum atomic E-state index is -3.49. The van der Waals surface area contributed by atoms with Crippen molar-refractivity contribution in [2.45, 2.75) is 31.2 Å². The van der Waals surface area contributed by atoms with E-state index in [2.05, 4.69) is 4.72 Å². The molecule has 0 spiro atoms. The van der Waals surface area contributed by atoms with E-state index in [4.69, 9.17) is 5.73 Å². The fourth-order valence-corrected chi connectivity index (χ4v) is 3.42. The molecule has 1 atom stereocenters. The van der Waals surface area contributed by atoms with E-state index in [-0.39, 0.29) is 12.0 Å². The van der Waals surface area contributed by atoms with Crippen molar-refractivity contribution >= 4 is 10.0 Å². The maximum absolute atomic E-state index is 12.4. The summed E-state index contributed by atoms with van der Waals surface area (Å²) < 4.78 is 27.7. The van der Waals surface area contributed by atoms with Gasteiger partial charge in [0.25, 0.3) is 0 Å². The highest BCUT2D eigenvalue weighted by Crippen LogP contribution is 2.13. The molecule has 3 N–H and O–H groups in total. The van der Waals surface area contributed by atoms with Crippen LogP contribution in [0.1, 0.15) is 19.4 Å². The van der Waals surface area contributed by atoms with E-state index in [1.165, 1.54) is 0 Å². The first-order chi connectivity index (χ1) is 9.76. The molecule has 0 bridgehead atoms. The van der Waals surface area contributed by atoms with Gasteiger partial charge in [-0.1, -0.05) is 26.0 Å². The molecule has 6 heteroatoms. The predicted octanol–water partition coefficient (Wildman–Crippen LogP) is 1.05. The van der Waals surface area contributed by atoms with Crippen LogP contribution in [0.15, 0.2) is 29.2 Å². The van der Waals surface area contributed by atoms with Crippen molar-refractivity contribution in [2.75, 3.05) is 27.2 Å². The Kier molecular flexibility index (Phi) is 6.80. The minimum absolute atomic E-state index is 0.117. The van der Waals surface area contributed by atoms with Gasteiger partial charge in [0.05, 0.1) is 4.90 Å². The van der Waals surface area contributed by atoms with E-state index < -0.39 is 10.0 Å². The molecule has 0 aliphatic heterocycles. The van der Waals surface area contributed by atoms with Gasteiger partial charge in [-0.2, -0.15) is 0 Å². The molecule has 0 saturated heterocycles. The van der Waals surface area contributed by atoms with E-state index in [9.17, 15) is 8.42 Å². The third-order valence-corrected chi connectivity index (χ3v) is 4.85. The fraction of sp³-hybridized carbons (Fsp3) is 0.600. The third-order valence-electron chi connectivity index (χ3n) is 3.34. The molecule has 0 aromatic heterocycles. The quantitative estimate of drug-likeness (QED) is 0.752. The first-order valence-electron chi connectivity index (χ1n) is 7.22. The molecule has 21 heavy (non-hydrogen) atoms. The zero-order chi connectivity index (χ0) is 16.0. The topological polar surface area (TPSA) is 75.4 Å². The first kappa shape index (κ1) is 18.1. The molecular weight excluding hydrogens is 286 g/mol. The van der Waals surface area contributed by atoms with Gasteiger partial charge in [-0.15, -0.1) is 0 Å². The van der Waals surface area contributed by atoms with Crippen LogP contribution in [-0.4, -0.2) is 46.5 Å². The van der Waals surface area contributed by atoms with Gasteiger partial charge in [0, 0.05) is 12.6 Å². The Morgan fingerprint density at radius 2 is 1.76 bits per heavy atom. The Labute approximate surface area is 128 Å². The second kappa shape index (κ2) is 7.89. The van der Waals surface area contributed by atoms with Gasteiger partial charge in [0.1, 0.15) is 0 Å². The zero-order valence-electron chi connectivity index (χ0n) is 13.3. The van der Waals surface area contributed by atoms with Crippen LogP contribution in [0.3, 0.4) is 0 Å². The number of nitrogens with zero attached hydrogens (tertiary/aromatic N) is 1. The van der Waals surface area contributed by atoms with Crippen LogP contribution < -0.4 is 10.5 Å². The summed E-state index contributed by atoms with van der Waals surface area (Å²) in [6.45, 7) is 5.26. The molecule has 0 aliphatic carbocycles. The average molecular weight is 313 g/mol. The number of benzene rings is 1. The molecule has 1 rings (SSSR count). The lowest BCUT2D eigenvalue weighted by molar-refractivity contribution is 0.314. The number of hydrogen-bond acceptors (Lipinski definition) is 4. The van der Waals surface area contributed by atoms with E-state index in [0.29, 0.717) is 18.0 Å². The largest absolute Gasteiger partial charge is 0.330 e. The minimum Gasteiger partial charge on any atom is -0.330 e. The summed E-state index contributed by atoms with van der Waals surface area (Å²) in [4.78, 5) is 2.28. The van der Waals surface area contributed by atoms with Gasteiger partial charge in [0.15, 0.2) is 0 Å². The van der Waals surface area contributed by atoms with Crippen LogP contribution in [0.4, 0.5) is 0 Å². The maximum Gasteiger partial charge on any atom is 0.240 e. The van der Waals surface area contributed by atoms with Gasteiger partial charge < -0.3 is 10.6 Å². The molecule has 5 nitrogen and oxygen atoms in total. The lowest BCUT2D eigenvalue weighted by Gasteiger charge is -2.25. The summed E-state index contributed by atoms with van der Waals surface area (Å²) in [6.07, 6.45) is 0.753. The highest BCUT2D eigenvalue weighted by atomic mass is 32.2. The van der Waals surface area contributed by atoms with Crippen LogP contribution in [0, 0.1) is 5.92 Å². The van der Waals surface area contributed by atoms with Crippen LogP contribution in [0.2, 0.25) is 0 Å². The van der Waals surface area contributed by atoms with Crippen LogP contribution >= 0.6 is 0 Å². The third kappa shape index (κ3) is 5.74. The van der Waals surface area contributed by atoms with Gasteiger partial charge in [-0.25, -0.2) is 13.1 Å². The van der Waals surface area contributed by atoms with Crippen LogP contribution in [0.25, 0.3) is 0 Å². The Balaban J connectivity index is 2.88. The predicted molar refractivity (Wildman–Crippen MR) is 86.7 cm³/mol. The van der Waals surface area contributed by atoms with Crippen LogP contribution in [0.5, 0.6) is 0 Å². The second-order valence-electron chi connectivity index (χ2n) is 5.92. The molecule has 0 heterocycles. The molecule has 0 fully saturated rings. The van der Waals surface area contributed by atoms with E-state index in [0.717, 1.165) is 12.0 Å². The molecule has 0 saturated carbocycles. The van der Waals surface area contributed by atoms with Crippen molar-refractivity contribution in [3.05, 3.63) is 29.8 Å². The summed E-state index contributed by atoms with van der Waals surface area (Å²) >= 11 is 0. The number of nitrogens with one attached hydrogen (secondary N) is 1. The summed E-state index contributed by atoms with van der Waals surface area (Å²) in [7, 11) is 0.382. The number of nitrogens with two attached hydrogens (primary N) is 1. The van der Waals surface area contributed by atoms with Gasteiger partial charge in [0.2, 0.25) is 10.0 Å². The summed E-state index contributed by atoms with van der Waals surface area (Å²) in [5.41, 5.74) is 6.54. The molecule has 0 aliphatic rings. The maximum atomic E-state index is 12.4. The Morgan fingerprint density at radius 3 is 2.19 bits per heavy atom. The number of rotatable bonds is 8. The number of hydrogen-bond donors (Lipinski definition) is 2. The van der Waals surface area contributed by atoms with E-state index in [1.807, 2.05) is 45.0 Å². The molecule has 0 radical (unpaired) electrons. The Hall–Kier alpha value is -0.950. The smallest absolute Gasteiger partial charge is 0.240 e. The molecular formula is C15H27N3O2S. The standard InChI is InChI=1S/C15H27N3O2S/c1-12(2)15(11-18(3)4)17-21(19,20)14-7-5-13(6-8-14)9-10-16/h5-8,12,15,17H,9-11,16H2,1-4H3. The van der Waals surface area contributed by atoms with Crippen molar-refractivity contribution in [1.29, 1.82) is 0 Å². The highest BCUT2D eigenvalue weighted by molar-refractivity contribution is 7.89. The van der Waals surface area contributed by atoms with Crippen molar-refractivity contribution in [3.63, 3.8) is 0 Å². The van der Waals surface area contributed by atoms with Crippen molar-refractivity contribution in [1.82, 2.24) is 9.62 Å².